The van der Waals surface area contributed by atoms with Gasteiger partial charge in [-0.15, -0.1) is 11.8 Å². The number of nitrogens with zero attached hydrogens (tertiary/aromatic N) is 1. The fraction of sp³-hybridized carbons (Fsp3) is 0.158. The summed E-state index contributed by atoms with van der Waals surface area (Å²) < 4.78 is 6.57. The Labute approximate surface area is 150 Å². The van der Waals surface area contributed by atoms with Crippen molar-refractivity contribution in [1.29, 1.82) is 0 Å². The first-order valence-corrected chi connectivity index (χ1v) is 9.62. The third-order valence-electron chi connectivity index (χ3n) is 3.46. The van der Waals surface area contributed by atoms with E-state index in [4.69, 9.17) is 4.74 Å². The van der Waals surface area contributed by atoms with Crippen molar-refractivity contribution in [1.82, 2.24) is 0 Å². The van der Waals surface area contributed by atoms with Crippen LogP contribution in [0.15, 0.2) is 64.5 Å². The molecule has 1 heterocycles. The predicted molar refractivity (Wildman–Crippen MR) is 104 cm³/mol. The summed E-state index contributed by atoms with van der Waals surface area (Å²) in [4.78, 5) is 16.4. The summed E-state index contributed by atoms with van der Waals surface area (Å²) in [5.41, 5.74) is 2.24. The van der Waals surface area contributed by atoms with E-state index in [2.05, 4.69) is 17.1 Å². The quantitative estimate of drug-likeness (QED) is 0.732. The van der Waals surface area contributed by atoms with Crippen LogP contribution in [0.2, 0.25) is 0 Å². The summed E-state index contributed by atoms with van der Waals surface area (Å²) in [6, 6.07) is 18.0. The summed E-state index contributed by atoms with van der Waals surface area (Å²) in [7, 11) is 0. The number of thioether (sulfide) groups is 2. The highest BCUT2D eigenvalue weighted by Crippen LogP contribution is 2.32. The maximum atomic E-state index is 11.8. The fourth-order valence-electron chi connectivity index (χ4n) is 2.22. The van der Waals surface area contributed by atoms with E-state index in [9.17, 15) is 4.79 Å². The topological polar surface area (TPSA) is 38.7 Å². The van der Waals surface area contributed by atoms with Gasteiger partial charge in [0.2, 0.25) is 0 Å². The van der Waals surface area contributed by atoms with E-state index in [0.29, 0.717) is 11.5 Å². The van der Waals surface area contributed by atoms with Crippen LogP contribution in [-0.4, -0.2) is 23.1 Å². The number of benzene rings is 2. The first-order valence-electron chi connectivity index (χ1n) is 7.58. The molecule has 0 atom stereocenters. The van der Waals surface area contributed by atoms with Crippen LogP contribution in [0.1, 0.15) is 11.1 Å². The van der Waals surface area contributed by atoms with Crippen LogP contribution in [0, 0.1) is 0 Å². The van der Waals surface area contributed by atoms with Crippen LogP contribution in [-0.2, 0) is 11.2 Å². The van der Waals surface area contributed by atoms with Crippen LogP contribution in [0.4, 0.5) is 0 Å². The first-order chi connectivity index (χ1) is 11.7. The van der Waals surface area contributed by atoms with Crippen molar-refractivity contribution in [2.75, 3.05) is 12.9 Å². The maximum absolute atomic E-state index is 11.8. The second-order valence-corrected chi connectivity index (χ2v) is 7.23. The van der Waals surface area contributed by atoms with E-state index in [0.717, 1.165) is 22.1 Å². The van der Waals surface area contributed by atoms with Gasteiger partial charge in [0.25, 0.3) is 5.91 Å². The smallest absolute Gasteiger partial charge is 0.285 e. The highest BCUT2D eigenvalue weighted by Gasteiger charge is 2.20. The van der Waals surface area contributed by atoms with Crippen molar-refractivity contribution >= 4 is 39.9 Å². The molecule has 0 radical (unpaired) electrons. The Morgan fingerprint density at radius 3 is 2.54 bits per heavy atom. The lowest BCUT2D eigenvalue weighted by Crippen LogP contribution is -2.01. The zero-order chi connectivity index (χ0) is 16.8. The largest absolute Gasteiger partial charge is 0.493 e. The van der Waals surface area contributed by atoms with Gasteiger partial charge in [0.1, 0.15) is 10.1 Å². The molecule has 0 fully saturated rings. The molecule has 0 spiro atoms. The van der Waals surface area contributed by atoms with Gasteiger partial charge in [-0.2, -0.15) is 4.99 Å². The summed E-state index contributed by atoms with van der Waals surface area (Å²) in [5.74, 6) is 0.673. The van der Waals surface area contributed by atoms with Crippen molar-refractivity contribution in [2.45, 2.75) is 6.42 Å². The van der Waals surface area contributed by atoms with Gasteiger partial charge in [-0.1, -0.05) is 54.2 Å². The molecule has 0 unspecified atom stereocenters. The van der Waals surface area contributed by atoms with Gasteiger partial charge in [0.15, 0.2) is 0 Å². The average Bonchev–Trinajstić information content (AvgIpc) is 2.97. The Morgan fingerprint density at radius 2 is 1.88 bits per heavy atom. The van der Waals surface area contributed by atoms with Gasteiger partial charge in [-0.05, 0) is 35.6 Å². The average molecular weight is 355 g/mol. The molecule has 2 aromatic carbocycles. The SMILES string of the molecule is CSC1=NC(=O)C(=Cc2ccc(OCCc3ccccc3)cc2)S1. The van der Waals surface area contributed by atoms with E-state index in [1.807, 2.05) is 54.8 Å². The van der Waals surface area contributed by atoms with Crippen molar-refractivity contribution in [3.63, 3.8) is 0 Å². The van der Waals surface area contributed by atoms with Gasteiger partial charge in [-0.3, -0.25) is 4.79 Å². The predicted octanol–water partition coefficient (Wildman–Crippen LogP) is 4.64. The number of carbonyl (C=O) groups excluding carboxylic acids is 1. The third kappa shape index (κ3) is 4.52. The molecule has 24 heavy (non-hydrogen) atoms. The monoisotopic (exact) mass is 355 g/mol. The lowest BCUT2D eigenvalue weighted by Gasteiger charge is -2.06. The van der Waals surface area contributed by atoms with Gasteiger partial charge in [0.05, 0.1) is 11.5 Å². The van der Waals surface area contributed by atoms with Crippen molar-refractivity contribution in [3.8, 4) is 5.75 Å². The number of hydrogen-bond acceptors (Lipinski definition) is 4. The molecule has 3 rings (SSSR count). The maximum Gasteiger partial charge on any atom is 0.285 e. The van der Waals surface area contributed by atoms with Gasteiger partial charge >= 0.3 is 0 Å². The molecule has 0 saturated heterocycles. The standard InChI is InChI=1S/C19H17NO2S2/c1-23-19-20-18(21)17(24-19)13-15-7-9-16(10-8-15)22-12-11-14-5-3-2-4-6-14/h2-10,13H,11-12H2,1H3. The van der Waals surface area contributed by atoms with Crippen molar-refractivity contribution in [2.24, 2.45) is 4.99 Å². The third-order valence-corrected chi connectivity index (χ3v) is 5.42. The molecule has 5 heteroatoms. The summed E-state index contributed by atoms with van der Waals surface area (Å²) in [6.07, 6.45) is 4.67. The molecule has 1 amide bonds. The van der Waals surface area contributed by atoms with Crippen LogP contribution < -0.4 is 4.74 Å². The number of amides is 1. The Hall–Kier alpha value is -1.98. The Kier molecular flexibility index (Phi) is 5.77. The highest BCUT2D eigenvalue weighted by atomic mass is 32.2. The van der Waals surface area contributed by atoms with Crippen LogP contribution in [0.5, 0.6) is 5.75 Å². The highest BCUT2D eigenvalue weighted by molar-refractivity contribution is 8.40. The van der Waals surface area contributed by atoms with E-state index >= 15 is 0 Å². The molecular weight excluding hydrogens is 338 g/mol. The second kappa shape index (κ2) is 8.22. The molecule has 1 aliphatic rings. The summed E-state index contributed by atoms with van der Waals surface area (Å²) in [6.45, 7) is 0.643. The Balaban J connectivity index is 1.55. The molecule has 1 aliphatic heterocycles. The van der Waals surface area contributed by atoms with Gasteiger partial charge in [0, 0.05) is 6.42 Å². The Bertz CT molecular complexity index is 768. The van der Waals surface area contributed by atoms with Crippen LogP contribution in [0.3, 0.4) is 0 Å². The molecule has 0 aromatic heterocycles. The molecule has 0 N–H and O–H groups in total. The minimum atomic E-state index is -0.160. The number of carbonyl (C=O) groups is 1. The van der Waals surface area contributed by atoms with Crippen molar-refractivity contribution in [3.05, 3.63) is 70.6 Å². The summed E-state index contributed by atoms with van der Waals surface area (Å²) >= 11 is 2.91. The minimum Gasteiger partial charge on any atom is -0.493 e. The molecule has 3 nitrogen and oxygen atoms in total. The number of hydrogen-bond donors (Lipinski definition) is 0. The molecule has 122 valence electrons. The van der Waals surface area contributed by atoms with Gasteiger partial charge in [-0.25, -0.2) is 0 Å². The van der Waals surface area contributed by atoms with E-state index < -0.39 is 0 Å². The number of rotatable bonds is 5. The van der Waals surface area contributed by atoms with E-state index in [1.165, 1.54) is 29.1 Å². The van der Waals surface area contributed by atoms with Crippen molar-refractivity contribution < 1.29 is 9.53 Å². The van der Waals surface area contributed by atoms with E-state index in [1.54, 1.807) is 0 Å². The van der Waals surface area contributed by atoms with Gasteiger partial charge < -0.3 is 4.74 Å². The lowest BCUT2D eigenvalue weighted by atomic mass is 10.2. The Morgan fingerprint density at radius 1 is 1.12 bits per heavy atom. The molecule has 0 aliphatic carbocycles. The van der Waals surface area contributed by atoms with Crippen LogP contribution in [0.25, 0.3) is 6.08 Å². The number of ether oxygens (including phenoxy) is 1. The summed E-state index contributed by atoms with van der Waals surface area (Å²) in [5, 5.41) is 0. The zero-order valence-electron chi connectivity index (χ0n) is 13.3. The molecule has 2 aromatic rings. The van der Waals surface area contributed by atoms with Crippen LogP contribution >= 0.6 is 23.5 Å². The normalized spacial score (nSPS) is 15.6. The number of aliphatic imine (C=N–C) groups is 1. The zero-order valence-corrected chi connectivity index (χ0v) is 14.9. The molecular formula is C19H17NO2S2. The molecule has 0 bridgehead atoms. The lowest BCUT2D eigenvalue weighted by molar-refractivity contribution is -0.113. The minimum absolute atomic E-state index is 0.160. The fourth-order valence-corrected chi connectivity index (χ4v) is 3.64. The molecule has 0 saturated carbocycles. The second-order valence-electron chi connectivity index (χ2n) is 5.15. The van der Waals surface area contributed by atoms with E-state index in [-0.39, 0.29) is 5.91 Å². The first kappa shape index (κ1) is 16.9.